The quantitative estimate of drug-likeness (QED) is 0.500. The van der Waals surface area contributed by atoms with Crippen molar-refractivity contribution in [1.29, 1.82) is 0 Å². The second-order valence-electron chi connectivity index (χ2n) is 6.09. The lowest BCUT2D eigenvalue weighted by molar-refractivity contribution is -0.148. The van der Waals surface area contributed by atoms with Gasteiger partial charge >= 0.3 is 12.1 Å². The Labute approximate surface area is 131 Å². The Bertz CT molecular complexity index is 360. The Morgan fingerprint density at radius 1 is 1.18 bits per heavy atom. The minimum atomic E-state index is -0.473. The van der Waals surface area contributed by atoms with Gasteiger partial charge in [0.1, 0.15) is 12.2 Å². The zero-order valence-electron chi connectivity index (χ0n) is 13.9. The molecule has 1 rings (SSSR count). The van der Waals surface area contributed by atoms with Gasteiger partial charge in [0.05, 0.1) is 25.8 Å². The molecule has 0 aromatic heterocycles. The zero-order chi connectivity index (χ0) is 16.6. The molecule has 0 unspecified atom stereocenters. The van der Waals surface area contributed by atoms with E-state index in [-0.39, 0.29) is 24.8 Å². The Hall–Kier alpha value is -1.34. The van der Waals surface area contributed by atoms with E-state index in [1.165, 1.54) is 0 Å². The summed E-state index contributed by atoms with van der Waals surface area (Å²) in [7, 11) is 0. The minimum Gasteiger partial charge on any atom is -0.464 e. The van der Waals surface area contributed by atoms with Crippen molar-refractivity contribution in [2.75, 3.05) is 39.5 Å². The molecule has 0 aromatic rings. The maximum atomic E-state index is 11.7. The Morgan fingerprint density at radius 2 is 1.86 bits per heavy atom. The minimum absolute atomic E-state index is 0.0241. The summed E-state index contributed by atoms with van der Waals surface area (Å²) in [6.45, 7) is 9.71. The normalized spacial score (nSPS) is 15.4. The summed E-state index contributed by atoms with van der Waals surface area (Å²) in [4.78, 5) is 24.3. The molecular formula is C15H27NO6. The number of hydrogen-bond donors (Lipinski definition) is 0. The molecule has 128 valence electrons. The molecular weight excluding hydrogens is 290 g/mol. The van der Waals surface area contributed by atoms with Crippen molar-refractivity contribution in [2.24, 2.45) is 0 Å². The number of carbonyl (C=O) groups is 2. The first kappa shape index (κ1) is 18.7. The molecule has 0 N–H and O–H groups in total. The van der Waals surface area contributed by atoms with Crippen LogP contribution in [-0.4, -0.2) is 68.2 Å². The number of hydrogen-bond acceptors (Lipinski definition) is 6. The smallest absolute Gasteiger partial charge is 0.410 e. The van der Waals surface area contributed by atoms with Crippen LogP contribution in [0.5, 0.6) is 0 Å². The third-order valence-electron chi connectivity index (χ3n) is 2.81. The lowest BCUT2D eigenvalue weighted by atomic mass is 10.2. The summed E-state index contributed by atoms with van der Waals surface area (Å²) < 4.78 is 20.7. The van der Waals surface area contributed by atoms with Crippen molar-refractivity contribution in [3.8, 4) is 0 Å². The monoisotopic (exact) mass is 317 g/mol. The van der Waals surface area contributed by atoms with Gasteiger partial charge in [-0.15, -0.1) is 0 Å². The van der Waals surface area contributed by atoms with Gasteiger partial charge in [0.2, 0.25) is 0 Å². The van der Waals surface area contributed by atoms with Gasteiger partial charge in [-0.2, -0.15) is 0 Å². The summed E-state index contributed by atoms with van der Waals surface area (Å²) in [6.07, 6.45) is 0.449. The summed E-state index contributed by atoms with van der Waals surface area (Å²) >= 11 is 0. The molecule has 0 bridgehead atoms. The molecule has 1 heterocycles. The first-order valence-corrected chi connectivity index (χ1v) is 7.64. The van der Waals surface area contributed by atoms with Crippen molar-refractivity contribution in [2.45, 2.75) is 45.8 Å². The number of rotatable bonds is 8. The maximum Gasteiger partial charge on any atom is 0.410 e. The van der Waals surface area contributed by atoms with E-state index >= 15 is 0 Å². The maximum absolute atomic E-state index is 11.7. The lowest BCUT2D eigenvalue weighted by Gasteiger charge is -2.39. The highest BCUT2D eigenvalue weighted by Crippen LogP contribution is 2.17. The standard InChI is InChI=1S/C15H27NO6/c1-5-20-13(17)11-19-7-6-8-21-12-9-16(10-12)14(18)22-15(2,3)4/h12H,5-11H2,1-4H3. The fourth-order valence-corrected chi connectivity index (χ4v) is 1.79. The number of ether oxygens (including phenoxy) is 4. The van der Waals surface area contributed by atoms with E-state index in [0.29, 0.717) is 39.3 Å². The third kappa shape index (κ3) is 7.61. The van der Waals surface area contributed by atoms with Crippen LogP contribution in [0.1, 0.15) is 34.1 Å². The first-order chi connectivity index (χ1) is 10.3. The van der Waals surface area contributed by atoms with Gasteiger partial charge in [-0.05, 0) is 34.1 Å². The van der Waals surface area contributed by atoms with Gasteiger partial charge in [-0.1, -0.05) is 0 Å². The summed E-state index contributed by atoms with van der Waals surface area (Å²) in [5.41, 5.74) is -0.473. The van der Waals surface area contributed by atoms with E-state index in [1.807, 2.05) is 20.8 Å². The van der Waals surface area contributed by atoms with Gasteiger partial charge in [0, 0.05) is 13.2 Å². The summed E-state index contributed by atoms with van der Waals surface area (Å²) in [5, 5.41) is 0. The van der Waals surface area contributed by atoms with Gasteiger partial charge in [-0.25, -0.2) is 9.59 Å². The van der Waals surface area contributed by atoms with Crippen LogP contribution in [-0.2, 0) is 23.7 Å². The van der Waals surface area contributed by atoms with Crippen LogP contribution in [0.4, 0.5) is 4.79 Å². The molecule has 1 fully saturated rings. The molecule has 7 heteroatoms. The Morgan fingerprint density at radius 3 is 2.45 bits per heavy atom. The van der Waals surface area contributed by atoms with E-state index in [9.17, 15) is 9.59 Å². The van der Waals surface area contributed by atoms with Crippen molar-refractivity contribution < 1.29 is 28.5 Å². The molecule has 7 nitrogen and oxygen atoms in total. The number of likely N-dealkylation sites (tertiary alicyclic amines) is 1. The van der Waals surface area contributed by atoms with Crippen LogP contribution in [0.25, 0.3) is 0 Å². The largest absolute Gasteiger partial charge is 0.464 e. The zero-order valence-corrected chi connectivity index (χ0v) is 13.9. The topological polar surface area (TPSA) is 74.3 Å². The predicted octanol–water partition coefficient (Wildman–Crippen LogP) is 1.59. The van der Waals surface area contributed by atoms with Crippen LogP contribution in [0, 0.1) is 0 Å². The first-order valence-electron chi connectivity index (χ1n) is 7.64. The van der Waals surface area contributed by atoms with E-state index in [1.54, 1.807) is 11.8 Å². The fourth-order valence-electron chi connectivity index (χ4n) is 1.79. The molecule has 0 spiro atoms. The van der Waals surface area contributed by atoms with Crippen molar-refractivity contribution in [3.63, 3.8) is 0 Å². The van der Waals surface area contributed by atoms with Crippen molar-refractivity contribution in [1.82, 2.24) is 4.90 Å². The second kappa shape index (κ2) is 8.95. The average molecular weight is 317 g/mol. The van der Waals surface area contributed by atoms with Crippen LogP contribution in [0.2, 0.25) is 0 Å². The highest BCUT2D eigenvalue weighted by Gasteiger charge is 2.34. The summed E-state index contributed by atoms with van der Waals surface area (Å²) in [5.74, 6) is -0.351. The molecule has 1 saturated heterocycles. The third-order valence-corrected chi connectivity index (χ3v) is 2.81. The molecule has 0 atom stereocenters. The van der Waals surface area contributed by atoms with Gasteiger partial charge < -0.3 is 23.8 Å². The number of nitrogens with zero attached hydrogens (tertiary/aromatic N) is 1. The van der Waals surface area contributed by atoms with Gasteiger partial charge in [-0.3, -0.25) is 0 Å². The molecule has 0 saturated carbocycles. The van der Waals surface area contributed by atoms with E-state index in [0.717, 1.165) is 0 Å². The average Bonchev–Trinajstić information content (AvgIpc) is 2.33. The van der Waals surface area contributed by atoms with Crippen LogP contribution < -0.4 is 0 Å². The van der Waals surface area contributed by atoms with E-state index in [4.69, 9.17) is 18.9 Å². The van der Waals surface area contributed by atoms with Crippen molar-refractivity contribution in [3.05, 3.63) is 0 Å². The van der Waals surface area contributed by atoms with Crippen LogP contribution >= 0.6 is 0 Å². The highest BCUT2D eigenvalue weighted by molar-refractivity contribution is 5.70. The second-order valence-corrected chi connectivity index (χ2v) is 6.09. The Kier molecular flexibility index (Phi) is 7.61. The molecule has 1 aliphatic heterocycles. The van der Waals surface area contributed by atoms with E-state index in [2.05, 4.69) is 0 Å². The van der Waals surface area contributed by atoms with Gasteiger partial charge in [0.25, 0.3) is 0 Å². The van der Waals surface area contributed by atoms with E-state index < -0.39 is 5.60 Å². The number of amides is 1. The molecule has 1 aliphatic rings. The van der Waals surface area contributed by atoms with Gasteiger partial charge in [0.15, 0.2) is 0 Å². The molecule has 22 heavy (non-hydrogen) atoms. The number of carbonyl (C=O) groups excluding carboxylic acids is 2. The highest BCUT2D eigenvalue weighted by atomic mass is 16.6. The molecule has 0 aliphatic carbocycles. The van der Waals surface area contributed by atoms with Crippen molar-refractivity contribution >= 4 is 12.1 Å². The Balaban J connectivity index is 1.97. The lowest BCUT2D eigenvalue weighted by Crippen LogP contribution is -2.56. The molecule has 1 amide bonds. The summed E-state index contributed by atoms with van der Waals surface area (Å²) in [6, 6.07) is 0. The number of esters is 1. The van der Waals surface area contributed by atoms with Crippen LogP contribution in [0.3, 0.4) is 0 Å². The molecule has 0 aromatic carbocycles. The van der Waals surface area contributed by atoms with Crippen LogP contribution in [0.15, 0.2) is 0 Å². The SMILES string of the molecule is CCOC(=O)COCCCOC1CN(C(=O)OC(C)(C)C)C1. The molecule has 0 radical (unpaired) electrons. The fraction of sp³-hybridized carbons (Fsp3) is 0.867. The predicted molar refractivity (Wildman–Crippen MR) is 79.6 cm³/mol.